The highest BCUT2D eigenvalue weighted by Gasteiger charge is 2.23. The first kappa shape index (κ1) is 22.5. The van der Waals surface area contributed by atoms with E-state index in [1.54, 1.807) is 24.5 Å². The Hall–Kier alpha value is -4.29. The number of aliphatic hydroxyl groups excluding tert-OH is 1. The van der Waals surface area contributed by atoms with E-state index >= 15 is 0 Å². The van der Waals surface area contributed by atoms with Gasteiger partial charge in [0.15, 0.2) is 0 Å². The molecule has 3 aromatic heterocycles. The van der Waals surface area contributed by atoms with Crippen molar-refractivity contribution in [2.45, 2.75) is 37.8 Å². The number of nitriles is 1. The van der Waals surface area contributed by atoms with E-state index in [0.717, 1.165) is 23.9 Å². The van der Waals surface area contributed by atoms with Crippen molar-refractivity contribution < 1.29 is 14.6 Å². The number of imidazole rings is 1. The average molecular weight is 469 g/mol. The number of methoxy groups -OCH3 is 1. The lowest BCUT2D eigenvalue weighted by Gasteiger charge is -2.27. The van der Waals surface area contributed by atoms with Gasteiger partial charge in [-0.1, -0.05) is 12.1 Å². The molecule has 4 aromatic rings. The highest BCUT2D eigenvalue weighted by molar-refractivity contribution is 5.96. The number of carbonyl (C=O) groups excluding carboxylic acids is 1. The molecular formula is C26H24N6O3. The van der Waals surface area contributed by atoms with Gasteiger partial charge in [-0.05, 0) is 56.0 Å². The average Bonchev–Trinajstić information content (AvgIpc) is 3.26. The van der Waals surface area contributed by atoms with Gasteiger partial charge in [-0.15, -0.1) is 0 Å². The summed E-state index contributed by atoms with van der Waals surface area (Å²) in [5, 5.41) is 19.5. The summed E-state index contributed by atoms with van der Waals surface area (Å²) in [6.07, 6.45) is 5.89. The molecule has 1 fully saturated rings. The van der Waals surface area contributed by atoms with Crippen LogP contribution in [0.4, 0.5) is 0 Å². The van der Waals surface area contributed by atoms with Crippen molar-refractivity contribution in [1.82, 2.24) is 19.5 Å². The fraction of sp³-hybridized carbons (Fsp3) is 0.269. The van der Waals surface area contributed by atoms with E-state index in [0.29, 0.717) is 35.5 Å². The summed E-state index contributed by atoms with van der Waals surface area (Å²) in [6, 6.07) is 14.7. The fourth-order valence-corrected chi connectivity index (χ4v) is 4.61. The van der Waals surface area contributed by atoms with Gasteiger partial charge < -0.3 is 19.4 Å². The van der Waals surface area contributed by atoms with Gasteiger partial charge in [0.25, 0.3) is 5.91 Å². The number of para-hydroxylation sites is 2. The third kappa shape index (κ3) is 4.44. The number of H-pyrrole nitrogens is 1. The smallest absolute Gasteiger partial charge is 0.280 e. The lowest BCUT2D eigenvalue weighted by molar-refractivity contribution is 0.0990. The monoisotopic (exact) mass is 468 g/mol. The van der Waals surface area contributed by atoms with Gasteiger partial charge in [-0.2, -0.15) is 10.3 Å². The molecule has 0 spiro atoms. The number of ether oxygens (including phenoxy) is 1. The van der Waals surface area contributed by atoms with Gasteiger partial charge in [-0.3, -0.25) is 9.78 Å². The Morgan fingerprint density at radius 2 is 2.03 bits per heavy atom. The van der Waals surface area contributed by atoms with Crippen LogP contribution >= 0.6 is 0 Å². The van der Waals surface area contributed by atoms with Crippen molar-refractivity contribution in [3.05, 3.63) is 71.7 Å². The maximum absolute atomic E-state index is 13.4. The number of fused-ring (bicyclic) bond motifs is 1. The minimum atomic E-state index is -0.496. The number of aromatic amines is 1. The van der Waals surface area contributed by atoms with E-state index in [-0.39, 0.29) is 23.4 Å². The molecule has 0 aliphatic heterocycles. The van der Waals surface area contributed by atoms with Crippen LogP contribution in [-0.2, 0) is 0 Å². The maximum atomic E-state index is 13.4. The maximum Gasteiger partial charge on any atom is 0.280 e. The first-order valence-corrected chi connectivity index (χ1v) is 11.4. The number of aromatic nitrogens is 4. The first-order chi connectivity index (χ1) is 17.1. The summed E-state index contributed by atoms with van der Waals surface area (Å²) in [6.45, 7) is 0. The van der Waals surface area contributed by atoms with Crippen LogP contribution in [0.15, 0.2) is 59.9 Å². The van der Waals surface area contributed by atoms with Crippen LogP contribution in [0.1, 0.15) is 47.8 Å². The molecule has 0 atom stereocenters. The Kier molecular flexibility index (Phi) is 6.12. The Morgan fingerprint density at radius 3 is 2.80 bits per heavy atom. The van der Waals surface area contributed by atoms with Crippen LogP contribution in [0.25, 0.3) is 22.3 Å². The predicted octanol–water partition coefficient (Wildman–Crippen LogP) is 3.52. The highest BCUT2D eigenvalue weighted by Crippen LogP contribution is 2.30. The zero-order valence-electron chi connectivity index (χ0n) is 19.2. The summed E-state index contributed by atoms with van der Waals surface area (Å²) in [7, 11) is 1.54. The van der Waals surface area contributed by atoms with E-state index < -0.39 is 5.91 Å². The molecule has 1 aromatic carbocycles. The van der Waals surface area contributed by atoms with Crippen molar-refractivity contribution in [3.63, 3.8) is 0 Å². The Labute approximate surface area is 201 Å². The van der Waals surface area contributed by atoms with Gasteiger partial charge in [-0.25, -0.2) is 4.98 Å². The van der Waals surface area contributed by atoms with Crippen molar-refractivity contribution in [2.24, 2.45) is 4.99 Å². The number of amides is 1. The molecule has 0 unspecified atom stereocenters. The number of carbonyl (C=O) groups is 1. The second-order valence-corrected chi connectivity index (χ2v) is 8.53. The molecule has 1 amide bonds. The first-order valence-electron chi connectivity index (χ1n) is 11.4. The van der Waals surface area contributed by atoms with Crippen molar-refractivity contribution in [1.29, 1.82) is 5.26 Å². The topological polar surface area (TPSA) is 129 Å². The minimum Gasteiger partial charge on any atom is -0.496 e. The normalized spacial score (nSPS) is 18.4. The van der Waals surface area contributed by atoms with Crippen LogP contribution in [0, 0.1) is 11.3 Å². The van der Waals surface area contributed by atoms with E-state index in [1.807, 2.05) is 30.3 Å². The third-order valence-corrected chi connectivity index (χ3v) is 6.34. The number of aliphatic hydroxyl groups is 1. The lowest BCUT2D eigenvalue weighted by atomic mass is 9.93. The highest BCUT2D eigenvalue weighted by atomic mass is 16.5. The van der Waals surface area contributed by atoms with Crippen molar-refractivity contribution >= 4 is 16.9 Å². The van der Waals surface area contributed by atoms with Gasteiger partial charge in [0.2, 0.25) is 5.62 Å². The second-order valence-electron chi connectivity index (χ2n) is 8.53. The number of nitrogens with zero attached hydrogens (tertiary/aromatic N) is 5. The predicted molar refractivity (Wildman–Crippen MR) is 128 cm³/mol. The summed E-state index contributed by atoms with van der Waals surface area (Å²) in [4.78, 5) is 29.5. The van der Waals surface area contributed by atoms with E-state index in [9.17, 15) is 15.2 Å². The van der Waals surface area contributed by atoms with Crippen LogP contribution in [0.5, 0.6) is 5.75 Å². The number of hydrogen-bond acceptors (Lipinski definition) is 6. The zero-order chi connectivity index (χ0) is 24.4. The summed E-state index contributed by atoms with van der Waals surface area (Å²) >= 11 is 0. The number of nitrogens with one attached hydrogen (secondary N) is 1. The molecular weight excluding hydrogens is 444 g/mol. The van der Waals surface area contributed by atoms with Crippen LogP contribution in [-0.4, -0.2) is 43.7 Å². The van der Waals surface area contributed by atoms with Gasteiger partial charge in [0.05, 0.1) is 35.5 Å². The zero-order valence-corrected chi connectivity index (χ0v) is 19.2. The SMILES string of the molecule is COc1ccncc1-c1cc(C(=O)/N=c2\[nH]c3ccccc3n2[C@H]2CC[C@@H](O)CC2)cc(C#N)n1. The lowest BCUT2D eigenvalue weighted by Crippen LogP contribution is -2.29. The molecule has 0 radical (unpaired) electrons. The molecule has 9 heteroatoms. The number of hydrogen-bond donors (Lipinski definition) is 2. The quantitative estimate of drug-likeness (QED) is 0.471. The summed E-state index contributed by atoms with van der Waals surface area (Å²) < 4.78 is 7.45. The summed E-state index contributed by atoms with van der Waals surface area (Å²) in [5.41, 5.74) is 3.57. The standard InChI is InChI=1S/C26H24N6O3/c1-35-24-10-11-28-15-20(24)22-13-16(12-17(14-27)29-22)25(34)31-26-30-21-4-2-3-5-23(21)32(26)18-6-8-19(33)9-7-18/h2-5,10-13,15,18-19,33H,6-9H2,1H3,(H,30,31,34)/t18-,19+. The summed E-state index contributed by atoms with van der Waals surface area (Å²) in [5.74, 6) is 0.0371. The van der Waals surface area contributed by atoms with Crippen LogP contribution in [0.2, 0.25) is 0 Å². The van der Waals surface area contributed by atoms with Crippen LogP contribution in [0.3, 0.4) is 0 Å². The minimum absolute atomic E-state index is 0.0951. The van der Waals surface area contributed by atoms with E-state index in [2.05, 4.69) is 24.5 Å². The molecule has 176 valence electrons. The number of rotatable bonds is 4. The van der Waals surface area contributed by atoms with Gasteiger partial charge in [0, 0.05) is 24.0 Å². The van der Waals surface area contributed by atoms with Crippen molar-refractivity contribution in [2.75, 3.05) is 7.11 Å². The Bertz CT molecular complexity index is 1510. The molecule has 2 N–H and O–H groups in total. The van der Waals surface area contributed by atoms with Gasteiger partial charge >= 0.3 is 0 Å². The molecule has 1 aliphatic rings. The fourth-order valence-electron chi connectivity index (χ4n) is 4.61. The molecule has 3 heterocycles. The number of benzene rings is 1. The Morgan fingerprint density at radius 1 is 1.23 bits per heavy atom. The van der Waals surface area contributed by atoms with Crippen LogP contribution < -0.4 is 10.4 Å². The molecule has 1 aliphatic carbocycles. The Balaban J connectivity index is 1.61. The second kappa shape index (κ2) is 9.52. The van der Waals surface area contributed by atoms with E-state index in [1.165, 1.54) is 13.2 Å². The number of pyridine rings is 2. The van der Waals surface area contributed by atoms with Gasteiger partial charge in [0.1, 0.15) is 17.5 Å². The van der Waals surface area contributed by atoms with E-state index in [4.69, 9.17) is 4.74 Å². The van der Waals surface area contributed by atoms with Crippen molar-refractivity contribution in [3.8, 4) is 23.1 Å². The third-order valence-electron chi connectivity index (χ3n) is 6.34. The molecule has 0 bridgehead atoms. The molecule has 9 nitrogen and oxygen atoms in total. The molecule has 0 saturated heterocycles. The largest absolute Gasteiger partial charge is 0.496 e. The molecule has 5 rings (SSSR count). The molecule has 35 heavy (non-hydrogen) atoms. The molecule has 1 saturated carbocycles.